The number of aliphatic hydroxyl groups excluding tert-OH is 1. The number of allylic oxidation sites excluding steroid dienone is 1. The molecule has 2 aromatic rings. The zero-order valence-electron chi connectivity index (χ0n) is 31.5. The van der Waals surface area contributed by atoms with Crippen molar-refractivity contribution in [2.45, 2.75) is 116 Å². The van der Waals surface area contributed by atoms with Gasteiger partial charge in [0.1, 0.15) is 17.7 Å². The minimum Gasteiger partial charge on any atom is -0.480 e. The molecule has 2 amide bonds. The lowest BCUT2D eigenvalue weighted by atomic mass is 9.45. The molecule has 9 atom stereocenters. The largest absolute Gasteiger partial charge is 0.480 e. The molecular formula is C41H53N3O10. The van der Waals surface area contributed by atoms with Gasteiger partial charge in [-0.3, -0.25) is 24.0 Å². The number of nitrogens with one attached hydrogen (secondary N) is 3. The van der Waals surface area contributed by atoms with Gasteiger partial charge in [-0.05, 0) is 85.3 Å². The molecule has 1 aromatic carbocycles. The Balaban J connectivity index is 1.01. The maximum atomic E-state index is 13.6. The van der Waals surface area contributed by atoms with Crippen LogP contribution in [0.15, 0.2) is 42.1 Å². The van der Waals surface area contributed by atoms with Crippen molar-refractivity contribution in [1.82, 2.24) is 15.6 Å². The van der Waals surface area contributed by atoms with Gasteiger partial charge in [-0.2, -0.15) is 0 Å². The maximum absolute atomic E-state index is 13.6. The number of aliphatic carboxylic acids is 1. The van der Waals surface area contributed by atoms with Gasteiger partial charge in [-0.25, -0.2) is 4.79 Å². The van der Waals surface area contributed by atoms with E-state index in [2.05, 4.69) is 22.5 Å². The molecule has 0 bridgehead atoms. The molecule has 4 aliphatic carbocycles. The molecule has 13 nitrogen and oxygen atoms in total. The molecule has 6 N–H and O–H groups in total. The van der Waals surface area contributed by atoms with Crippen LogP contribution in [0, 0.1) is 34.5 Å². The number of hydrogen-bond acceptors (Lipinski definition) is 9. The highest BCUT2D eigenvalue weighted by Gasteiger charge is 2.68. The highest BCUT2D eigenvalue weighted by atomic mass is 16.5. The van der Waals surface area contributed by atoms with E-state index in [0.29, 0.717) is 24.8 Å². The molecule has 292 valence electrons. The minimum atomic E-state index is -1.80. The minimum absolute atomic E-state index is 0.0199. The summed E-state index contributed by atoms with van der Waals surface area (Å²) < 4.78 is 5.27. The molecule has 6 rings (SSSR count). The lowest BCUT2D eigenvalue weighted by Gasteiger charge is -2.60. The van der Waals surface area contributed by atoms with Gasteiger partial charge in [0.2, 0.25) is 17.6 Å². The monoisotopic (exact) mass is 747 g/mol. The molecule has 13 heteroatoms. The standard InChI is InChI=1S/C41H53N3O10/c1-22(2)36(37(50)43-30(38(51)52)17-23-20-42-29-8-6-5-7-26(23)29)44-33(48)11-12-34(49)54-21-32(47)41(53)16-14-28-27-10-9-24-18-25(45)13-15-39(24,3)35(27)31(46)19-40(28,41)4/h5-8,18,20,22,27-28,30-31,35-36,42,46,53H,9-17,19,21H2,1-4H3,(H,43,50)(H,44,48)(H,51,52)/t27-,28-,30-,31-,35+,36+,39-,40-,41-/m0/s1. The summed E-state index contributed by atoms with van der Waals surface area (Å²) in [5.41, 5.74) is -0.389. The van der Waals surface area contributed by atoms with Crippen LogP contribution < -0.4 is 10.6 Å². The Labute approximate surface area is 314 Å². The molecule has 0 unspecified atom stereocenters. The summed E-state index contributed by atoms with van der Waals surface area (Å²) in [4.78, 5) is 79.9. The van der Waals surface area contributed by atoms with E-state index in [1.165, 1.54) is 0 Å². The van der Waals surface area contributed by atoms with Crippen LogP contribution >= 0.6 is 0 Å². The SMILES string of the molecule is CC(C)[C@@H](NC(=O)CCC(=O)OCC(=O)[C@@]1(O)CC[C@H]2[C@@H]3CCC4=CC(=O)CC[C@]4(C)[C@H]3[C@@H](O)C[C@@]21C)C(=O)N[C@@H](Cc1c[nH]c2ccccc12)C(=O)O. The zero-order valence-corrected chi connectivity index (χ0v) is 31.5. The summed E-state index contributed by atoms with van der Waals surface area (Å²) in [7, 11) is 0. The number of fused-ring (bicyclic) bond motifs is 6. The van der Waals surface area contributed by atoms with Gasteiger partial charge in [-0.15, -0.1) is 0 Å². The molecule has 0 spiro atoms. The van der Waals surface area contributed by atoms with E-state index in [4.69, 9.17) is 4.74 Å². The van der Waals surface area contributed by atoms with Crippen molar-refractivity contribution in [1.29, 1.82) is 0 Å². The van der Waals surface area contributed by atoms with E-state index < -0.39 is 71.3 Å². The highest BCUT2D eigenvalue weighted by Crippen LogP contribution is 2.67. The number of carbonyl (C=O) groups excluding carboxylic acids is 5. The van der Waals surface area contributed by atoms with E-state index in [-0.39, 0.29) is 61.1 Å². The molecule has 3 saturated carbocycles. The van der Waals surface area contributed by atoms with Crippen molar-refractivity contribution in [2.24, 2.45) is 34.5 Å². The second-order valence-electron chi connectivity index (χ2n) is 16.8. The number of H-pyrrole nitrogens is 1. The Bertz CT molecular complexity index is 1870. The summed E-state index contributed by atoms with van der Waals surface area (Å²) in [6.45, 7) is 6.71. The van der Waals surface area contributed by atoms with Gasteiger partial charge in [0.05, 0.1) is 12.5 Å². The van der Waals surface area contributed by atoms with E-state index in [0.717, 1.165) is 29.3 Å². The number of carbonyl (C=O) groups is 6. The quantitative estimate of drug-likeness (QED) is 0.164. The van der Waals surface area contributed by atoms with E-state index in [9.17, 15) is 44.1 Å². The third-order valence-corrected chi connectivity index (χ3v) is 13.4. The van der Waals surface area contributed by atoms with Crippen LogP contribution in [0.4, 0.5) is 0 Å². The summed E-state index contributed by atoms with van der Waals surface area (Å²) in [5.74, 6) is -4.32. The Hall–Kier alpha value is -4.36. The second-order valence-corrected chi connectivity index (χ2v) is 16.8. The molecule has 1 heterocycles. The Morgan fingerprint density at radius 3 is 2.48 bits per heavy atom. The summed E-state index contributed by atoms with van der Waals surface area (Å²) in [6, 6.07) is 5.07. The number of esters is 1. The first-order chi connectivity index (χ1) is 25.5. The number of hydrogen-bond donors (Lipinski definition) is 6. The molecular weight excluding hydrogens is 694 g/mol. The van der Waals surface area contributed by atoms with Gasteiger partial charge in [0, 0.05) is 41.8 Å². The van der Waals surface area contributed by atoms with Gasteiger partial charge >= 0.3 is 11.9 Å². The Kier molecular flexibility index (Phi) is 11.0. The Morgan fingerprint density at radius 2 is 1.76 bits per heavy atom. The number of aromatic amines is 1. The van der Waals surface area contributed by atoms with Crippen molar-refractivity contribution in [3.05, 3.63) is 47.7 Å². The normalized spacial score (nSPS) is 31.4. The number of carboxylic acid groups (broad SMARTS) is 1. The number of para-hydroxylation sites is 1. The first kappa shape index (κ1) is 39.3. The molecule has 54 heavy (non-hydrogen) atoms. The number of amides is 2. The van der Waals surface area contributed by atoms with Crippen molar-refractivity contribution in [2.75, 3.05) is 6.61 Å². The molecule has 1 aromatic heterocycles. The van der Waals surface area contributed by atoms with E-state index >= 15 is 0 Å². The van der Waals surface area contributed by atoms with Crippen LogP contribution in [-0.2, 0) is 39.9 Å². The van der Waals surface area contributed by atoms with Crippen molar-refractivity contribution < 1.29 is 48.8 Å². The van der Waals surface area contributed by atoms with Gasteiger partial charge in [-0.1, -0.05) is 51.5 Å². The van der Waals surface area contributed by atoms with Gasteiger partial charge in [0.15, 0.2) is 12.4 Å². The van der Waals surface area contributed by atoms with Crippen LogP contribution in [0.25, 0.3) is 10.9 Å². The molecule has 4 aliphatic rings. The highest BCUT2D eigenvalue weighted by molar-refractivity contribution is 5.93. The van der Waals surface area contributed by atoms with Crippen molar-refractivity contribution in [3.8, 4) is 0 Å². The van der Waals surface area contributed by atoms with Gasteiger partial charge < -0.3 is 35.7 Å². The maximum Gasteiger partial charge on any atom is 0.326 e. The average Bonchev–Trinajstić information content (AvgIpc) is 3.65. The predicted octanol–water partition coefficient (Wildman–Crippen LogP) is 3.55. The number of ketones is 2. The number of aromatic nitrogens is 1. The number of Topliss-reactive ketones (excluding diaryl/α,β-unsaturated/α-hetero) is 1. The van der Waals surface area contributed by atoms with E-state index in [1.54, 1.807) is 26.1 Å². The predicted molar refractivity (Wildman–Crippen MR) is 197 cm³/mol. The van der Waals surface area contributed by atoms with Crippen LogP contribution in [0.5, 0.6) is 0 Å². The molecule has 0 aliphatic heterocycles. The van der Waals surface area contributed by atoms with E-state index in [1.807, 2.05) is 31.2 Å². The molecule has 0 radical (unpaired) electrons. The smallest absolute Gasteiger partial charge is 0.326 e. The lowest BCUT2D eigenvalue weighted by Crippen LogP contribution is -2.62. The van der Waals surface area contributed by atoms with Gasteiger partial charge in [0.25, 0.3) is 0 Å². The fourth-order valence-corrected chi connectivity index (χ4v) is 10.5. The first-order valence-electron chi connectivity index (χ1n) is 19.2. The number of benzene rings is 1. The average molecular weight is 748 g/mol. The number of aliphatic hydroxyl groups is 2. The van der Waals surface area contributed by atoms with Crippen LogP contribution in [0.2, 0.25) is 0 Å². The van der Waals surface area contributed by atoms with Crippen LogP contribution in [-0.4, -0.2) is 86.0 Å². The third kappa shape index (κ3) is 7.12. The number of ether oxygens (including phenoxy) is 1. The topological polar surface area (TPSA) is 212 Å². The molecule has 3 fully saturated rings. The fraction of sp³-hybridized carbons (Fsp3) is 0.610. The summed E-state index contributed by atoms with van der Waals surface area (Å²) in [6.07, 6.45) is 5.61. The summed E-state index contributed by atoms with van der Waals surface area (Å²) in [5, 5.41) is 39.4. The third-order valence-electron chi connectivity index (χ3n) is 13.4. The fourth-order valence-electron chi connectivity index (χ4n) is 10.5. The lowest BCUT2D eigenvalue weighted by molar-refractivity contribution is -0.184. The first-order valence-corrected chi connectivity index (χ1v) is 19.2. The van der Waals surface area contributed by atoms with Crippen LogP contribution in [0.1, 0.15) is 91.0 Å². The number of carboxylic acids is 1. The zero-order chi connectivity index (χ0) is 39.2. The molecule has 0 saturated heterocycles. The second kappa shape index (κ2) is 15.1. The van der Waals surface area contributed by atoms with Crippen molar-refractivity contribution in [3.63, 3.8) is 0 Å². The van der Waals surface area contributed by atoms with Crippen molar-refractivity contribution >= 4 is 46.2 Å². The summed E-state index contributed by atoms with van der Waals surface area (Å²) >= 11 is 0. The number of rotatable bonds is 13. The van der Waals surface area contributed by atoms with Crippen LogP contribution in [0.3, 0.4) is 0 Å². The Morgan fingerprint density at radius 1 is 1.02 bits per heavy atom.